The van der Waals surface area contributed by atoms with Crippen molar-refractivity contribution in [2.24, 2.45) is 10.6 Å². The second kappa shape index (κ2) is 10.5. The van der Waals surface area contributed by atoms with Crippen LogP contribution in [-0.2, 0) is 27.5 Å². The number of nitrogens with zero attached hydrogens (tertiary/aromatic N) is 2. The van der Waals surface area contributed by atoms with Crippen LogP contribution in [0.5, 0.6) is 0 Å². The molecule has 0 aliphatic rings. The molecule has 1 aromatic heterocycles. The molecule has 0 fully saturated rings. The number of rotatable bonds is 8. The maximum absolute atomic E-state index is 13.3. The number of para-hydroxylation sites is 1. The summed E-state index contributed by atoms with van der Waals surface area (Å²) in [5.74, 6) is -1.68. The smallest absolute Gasteiger partial charge is 0.353 e. The summed E-state index contributed by atoms with van der Waals surface area (Å²) in [7, 11) is -3.77. The maximum atomic E-state index is 13.3. The summed E-state index contributed by atoms with van der Waals surface area (Å²) in [6.07, 6.45) is -4.45. The fourth-order valence-corrected chi connectivity index (χ4v) is 4.07. The number of benzene rings is 2. The van der Waals surface area contributed by atoms with Crippen molar-refractivity contribution in [1.29, 1.82) is 0 Å². The van der Waals surface area contributed by atoms with E-state index in [-0.39, 0.29) is 18.8 Å². The molecule has 9 nitrogen and oxygen atoms in total. The van der Waals surface area contributed by atoms with E-state index in [1.807, 2.05) is 0 Å². The van der Waals surface area contributed by atoms with E-state index < -0.39 is 50.8 Å². The first-order chi connectivity index (χ1) is 17.1. The molecule has 3 aromatic rings. The van der Waals surface area contributed by atoms with Crippen molar-refractivity contribution in [3.05, 3.63) is 65.4 Å². The lowest BCUT2D eigenvalue weighted by atomic mass is 9.86. The molecule has 2 aromatic carbocycles. The Morgan fingerprint density at radius 3 is 2.24 bits per heavy atom. The Balaban J connectivity index is 1.86. The van der Waals surface area contributed by atoms with Crippen LogP contribution in [0.4, 0.5) is 13.2 Å². The van der Waals surface area contributed by atoms with Crippen molar-refractivity contribution >= 4 is 32.7 Å². The zero-order chi connectivity index (χ0) is 27.6. The second-order valence-corrected chi connectivity index (χ2v) is 11.4. The predicted molar refractivity (Wildman–Crippen MR) is 132 cm³/mol. The minimum atomic E-state index is -4.45. The van der Waals surface area contributed by atoms with Crippen LogP contribution < -0.4 is 15.8 Å². The molecule has 0 bridgehead atoms. The molecule has 1 heterocycles. The summed E-state index contributed by atoms with van der Waals surface area (Å²) in [6.45, 7) is 5.10. The van der Waals surface area contributed by atoms with E-state index in [1.165, 1.54) is 16.8 Å². The molecule has 0 saturated heterocycles. The van der Waals surface area contributed by atoms with Crippen LogP contribution in [0, 0.1) is 5.41 Å². The lowest BCUT2D eigenvalue weighted by Gasteiger charge is -2.30. The molecule has 37 heavy (non-hydrogen) atoms. The van der Waals surface area contributed by atoms with Crippen LogP contribution in [0.2, 0.25) is 0 Å². The summed E-state index contributed by atoms with van der Waals surface area (Å²) < 4.78 is 62.5. The van der Waals surface area contributed by atoms with Gasteiger partial charge in [0.1, 0.15) is 6.04 Å². The molecule has 0 aliphatic carbocycles. The molecule has 0 saturated carbocycles. The third-order valence-corrected chi connectivity index (χ3v) is 6.35. The second-order valence-electron chi connectivity index (χ2n) is 9.65. The van der Waals surface area contributed by atoms with Crippen LogP contribution in [0.25, 0.3) is 10.9 Å². The van der Waals surface area contributed by atoms with Gasteiger partial charge in [-0.1, -0.05) is 51.1 Å². The van der Waals surface area contributed by atoms with Crippen LogP contribution in [0.1, 0.15) is 42.4 Å². The highest BCUT2D eigenvalue weighted by atomic mass is 32.2. The molecule has 0 aliphatic heterocycles. The highest BCUT2D eigenvalue weighted by molar-refractivity contribution is 7.89. The first-order valence-electron chi connectivity index (χ1n) is 11.3. The lowest BCUT2D eigenvalue weighted by molar-refractivity contribution is -0.137. The Morgan fingerprint density at radius 1 is 1.05 bits per heavy atom. The highest BCUT2D eigenvalue weighted by Gasteiger charge is 2.34. The summed E-state index contributed by atoms with van der Waals surface area (Å²) in [5, 5.41) is 15.0. The molecular weight excluding hydrogens is 511 g/mol. The maximum Gasteiger partial charge on any atom is 0.416 e. The van der Waals surface area contributed by atoms with Gasteiger partial charge >= 0.3 is 6.18 Å². The number of fused-ring (bicyclic) bond motifs is 1. The molecule has 3 rings (SSSR count). The average molecular weight is 540 g/mol. The van der Waals surface area contributed by atoms with Gasteiger partial charge in [0.25, 0.3) is 5.91 Å². The molecule has 2 amide bonds. The largest absolute Gasteiger partial charge is 0.416 e. The van der Waals surface area contributed by atoms with Crippen molar-refractivity contribution in [1.82, 2.24) is 20.4 Å². The van der Waals surface area contributed by atoms with Gasteiger partial charge in [-0.25, -0.2) is 13.6 Å². The molecule has 1 atom stereocenters. The summed E-state index contributed by atoms with van der Waals surface area (Å²) in [4.78, 5) is 26.0. The van der Waals surface area contributed by atoms with E-state index in [2.05, 4.69) is 15.7 Å². The standard InChI is InChI=1S/C24H28F3N5O4S/c1-23(2,3)20(22(34)29-12-13-37(28,35)36)30-21(33)19-17-6-4-5-7-18(17)32(31-19)14-15-8-10-16(11-9-15)24(25,26)27/h4-11,20H,12-14H2,1-3H3,(H,29,34)(H,30,33)(H2,28,35,36). The first-order valence-corrected chi connectivity index (χ1v) is 13.0. The van der Waals surface area contributed by atoms with Crippen molar-refractivity contribution in [3.63, 3.8) is 0 Å². The van der Waals surface area contributed by atoms with E-state index in [0.29, 0.717) is 16.5 Å². The summed E-state index contributed by atoms with van der Waals surface area (Å²) >= 11 is 0. The number of amides is 2. The number of carbonyl (C=O) groups is 2. The highest BCUT2D eigenvalue weighted by Crippen LogP contribution is 2.29. The van der Waals surface area contributed by atoms with Crippen LogP contribution >= 0.6 is 0 Å². The number of aromatic nitrogens is 2. The summed E-state index contributed by atoms with van der Waals surface area (Å²) in [5.41, 5.74) is -0.335. The fourth-order valence-electron chi connectivity index (χ4n) is 3.68. The van der Waals surface area contributed by atoms with Gasteiger partial charge in [-0.3, -0.25) is 14.3 Å². The Labute approximate surface area is 212 Å². The molecule has 4 N–H and O–H groups in total. The molecule has 13 heteroatoms. The SMILES string of the molecule is CC(C)(C)C(NC(=O)c1nn(Cc2ccc(C(F)(F)F)cc2)c2ccccc12)C(=O)NCCS(N)(=O)=O. The van der Waals surface area contributed by atoms with Crippen molar-refractivity contribution in [2.75, 3.05) is 12.3 Å². The zero-order valence-electron chi connectivity index (χ0n) is 20.5. The number of nitrogens with two attached hydrogens (primary N) is 1. The molecule has 1 unspecified atom stereocenters. The zero-order valence-corrected chi connectivity index (χ0v) is 21.3. The van der Waals surface area contributed by atoms with E-state index in [9.17, 15) is 31.2 Å². The number of primary sulfonamides is 1. The van der Waals surface area contributed by atoms with Gasteiger partial charge in [-0.15, -0.1) is 0 Å². The Morgan fingerprint density at radius 2 is 1.68 bits per heavy atom. The number of carbonyl (C=O) groups excluding carboxylic acids is 2. The minimum Gasteiger partial charge on any atom is -0.353 e. The van der Waals surface area contributed by atoms with E-state index in [4.69, 9.17) is 5.14 Å². The van der Waals surface area contributed by atoms with Gasteiger partial charge in [-0.2, -0.15) is 18.3 Å². The van der Waals surface area contributed by atoms with Gasteiger partial charge in [0.2, 0.25) is 15.9 Å². The molecule has 200 valence electrons. The van der Waals surface area contributed by atoms with E-state index in [1.54, 1.807) is 45.0 Å². The average Bonchev–Trinajstić information content (AvgIpc) is 3.14. The van der Waals surface area contributed by atoms with Crippen LogP contribution in [0.15, 0.2) is 48.5 Å². The van der Waals surface area contributed by atoms with Crippen LogP contribution in [-0.4, -0.2) is 48.4 Å². The van der Waals surface area contributed by atoms with Gasteiger partial charge < -0.3 is 10.6 Å². The Bertz CT molecular complexity index is 1390. The number of alkyl halides is 3. The first kappa shape index (κ1) is 28.1. The molecule has 0 spiro atoms. The molecular formula is C24H28F3N5O4S. The number of nitrogens with one attached hydrogen (secondary N) is 2. The van der Waals surface area contributed by atoms with E-state index in [0.717, 1.165) is 12.1 Å². The third-order valence-electron chi connectivity index (χ3n) is 5.58. The monoisotopic (exact) mass is 539 g/mol. The van der Waals surface area contributed by atoms with Crippen molar-refractivity contribution in [3.8, 4) is 0 Å². The normalized spacial score (nSPS) is 13.4. The van der Waals surface area contributed by atoms with Crippen LogP contribution in [0.3, 0.4) is 0 Å². The molecule has 0 radical (unpaired) electrons. The van der Waals surface area contributed by atoms with Crippen molar-refractivity contribution < 1.29 is 31.2 Å². The minimum absolute atomic E-state index is 0.0362. The summed E-state index contributed by atoms with van der Waals surface area (Å²) in [6, 6.07) is 10.5. The third kappa shape index (κ3) is 7.29. The van der Waals surface area contributed by atoms with E-state index >= 15 is 0 Å². The number of hydrogen-bond donors (Lipinski definition) is 3. The Kier molecular flexibility index (Phi) is 7.98. The Hall–Kier alpha value is -3.45. The van der Waals surface area contributed by atoms with Gasteiger partial charge in [0, 0.05) is 11.9 Å². The lowest BCUT2D eigenvalue weighted by Crippen LogP contribution is -2.54. The van der Waals surface area contributed by atoms with Gasteiger partial charge in [-0.05, 0) is 29.2 Å². The number of halogens is 3. The quantitative estimate of drug-likeness (QED) is 0.404. The van der Waals surface area contributed by atoms with Crippen molar-refractivity contribution in [2.45, 2.75) is 39.5 Å². The van der Waals surface area contributed by atoms with Gasteiger partial charge in [0.05, 0.1) is 23.4 Å². The van der Waals surface area contributed by atoms with Gasteiger partial charge in [0.15, 0.2) is 5.69 Å². The number of hydrogen-bond acceptors (Lipinski definition) is 5. The number of sulfonamides is 1. The fraction of sp³-hybridized carbons (Fsp3) is 0.375. The topological polar surface area (TPSA) is 136 Å². The predicted octanol–water partition coefficient (Wildman–Crippen LogP) is 2.65.